The third-order valence-corrected chi connectivity index (χ3v) is 3.64. The lowest BCUT2D eigenvalue weighted by molar-refractivity contribution is -0.145. The maximum Gasteiger partial charge on any atom is 0.328 e. The van der Waals surface area contributed by atoms with Crippen LogP contribution in [0.15, 0.2) is 22.7 Å². The van der Waals surface area contributed by atoms with E-state index in [0.29, 0.717) is 4.47 Å². The number of benzene rings is 1. The number of anilines is 1. The summed E-state index contributed by atoms with van der Waals surface area (Å²) in [6.07, 6.45) is 0. The molecule has 2 N–H and O–H groups in total. The summed E-state index contributed by atoms with van der Waals surface area (Å²) < 4.78 is 5.20. The summed E-state index contributed by atoms with van der Waals surface area (Å²) in [5.41, 5.74) is 0.231. The number of hydrogen-bond donors (Lipinski definition) is 2. The zero-order valence-electron chi connectivity index (χ0n) is 13.8. The average Bonchev–Trinajstić information content (AvgIpc) is 2.51. The van der Waals surface area contributed by atoms with Gasteiger partial charge in [-0.1, -0.05) is 29.8 Å². The highest BCUT2D eigenvalue weighted by molar-refractivity contribution is 9.10. The number of nitrogens with one attached hydrogen (secondary N) is 2. The van der Waals surface area contributed by atoms with Crippen LogP contribution in [0.1, 0.15) is 31.1 Å². The molecule has 0 aliphatic heterocycles. The molecule has 0 fully saturated rings. The SMILES string of the molecule is COC(=O)[C@@H](NC(=O)C(=O)c1cc(Br)ccc1NC(C)=O)C(C)C. The van der Waals surface area contributed by atoms with Crippen LogP contribution in [0.5, 0.6) is 0 Å². The molecule has 0 aliphatic carbocycles. The number of carbonyl (C=O) groups excluding carboxylic acids is 4. The van der Waals surface area contributed by atoms with Gasteiger partial charge in [-0.15, -0.1) is 0 Å². The summed E-state index contributed by atoms with van der Waals surface area (Å²) in [6, 6.07) is 3.62. The Hall–Kier alpha value is -2.22. The first-order valence-electron chi connectivity index (χ1n) is 7.17. The van der Waals surface area contributed by atoms with Crippen molar-refractivity contribution >= 4 is 45.2 Å². The summed E-state index contributed by atoms with van der Waals surface area (Å²) in [5.74, 6) is -3.09. The van der Waals surface area contributed by atoms with Crippen molar-refractivity contribution in [1.82, 2.24) is 5.32 Å². The maximum absolute atomic E-state index is 12.4. The number of amides is 2. The third kappa shape index (κ3) is 5.16. The van der Waals surface area contributed by atoms with Crippen molar-refractivity contribution in [3.05, 3.63) is 28.2 Å². The molecule has 1 aromatic carbocycles. The van der Waals surface area contributed by atoms with Crippen LogP contribution in [-0.2, 0) is 19.1 Å². The predicted molar refractivity (Wildman–Crippen MR) is 91.6 cm³/mol. The topological polar surface area (TPSA) is 102 Å². The molecule has 24 heavy (non-hydrogen) atoms. The van der Waals surface area contributed by atoms with Gasteiger partial charge >= 0.3 is 5.97 Å². The Balaban J connectivity index is 3.08. The van der Waals surface area contributed by atoms with Gasteiger partial charge in [-0.25, -0.2) is 4.79 Å². The van der Waals surface area contributed by atoms with Crippen LogP contribution in [0.25, 0.3) is 0 Å². The molecule has 1 aromatic rings. The van der Waals surface area contributed by atoms with E-state index in [-0.39, 0.29) is 23.1 Å². The molecular weight excluding hydrogens is 380 g/mol. The van der Waals surface area contributed by atoms with Crippen LogP contribution >= 0.6 is 15.9 Å². The number of esters is 1. The van der Waals surface area contributed by atoms with Crippen LogP contribution in [0.4, 0.5) is 5.69 Å². The summed E-state index contributed by atoms with van der Waals surface area (Å²) in [6.45, 7) is 4.73. The molecule has 7 nitrogen and oxygen atoms in total. The predicted octanol–water partition coefficient (Wildman–Crippen LogP) is 1.90. The summed E-state index contributed by atoms with van der Waals surface area (Å²) in [5, 5.41) is 4.87. The first-order valence-corrected chi connectivity index (χ1v) is 7.96. The number of ether oxygens (including phenoxy) is 1. The Bertz CT molecular complexity index is 672. The van der Waals surface area contributed by atoms with E-state index >= 15 is 0 Å². The minimum absolute atomic E-state index is 0.0180. The number of methoxy groups -OCH3 is 1. The second-order valence-corrected chi connectivity index (χ2v) is 6.33. The fraction of sp³-hybridized carbons (Fsp3) is 0.375. The second kappa shape index (κ2) is 8.58. The third-order valence-electron chi connectivity index (χ3n) is 3.15. The monoisotopic (exact) mass is 398 g/mol. The van der Waals surface area contributed by atoms with Gasteiger partial charge in [-0.2, -0.15) is 0 Å². The van der Waals surface area contributed by atoms with Gasteiger partial charge in [0.15, 0.2) is 0 Å². The van der Waals surface area contributed by atoms with Crippen LogP contribution in [0, 0.1) is 5.92 Å². The van der Waals surface area contributed by atoms with Crippen LogP contribution in [-0.4, -0.2) is 36.7 Å². The highest BCUT2D eigenvalue weighted by Gasteiger charge is 2.29. The molecule has 0 spiro atoms. The van der Waals surface area contributed by atoms with E-state index in [4.69, 9.17) is 0 Å². The standard InChI is InChI=1S/C16H19BrN2O5/c1-8(2)13(16(23)24-4)19-15(22)14(21)11-7-10(17)5-6-12(11)18-9(3)20/h5-8,13H,1-4H3,(H,18,20)(H,19,22)/t13-/m0/s1. The minimum Gasteiger partial charge on any atom is -0.467 e. The number of rotatable bonds is 6. The molecule has 1 atom stereocenters. The van der Waals surface area contributed by atoms with Gasteiger partial charge in [0.1, 0.15) is 6.04 Å². The molecular formula is C16H19BrN2O5. The molecule has 2 amide bonds. The molecule has 0 radical (unpaired) electrons. The van der Waals surface area contributed by atoms with E-state index in [2.05, 4.69) is 31.3 Å². The van der Waals surface area contributed by atoms with Gasteiger partial charge in [0.05, 0.1) is 18.4 Å². The summed E-state index contributed by atoms with van der Waals surface area (Å²) in [7, 11) is 1.20. The van der Waals surface area contributed by atoms with E-state index in [9.17, 15) is 19.2 Å². The molecule has 1 rings (SSSR count). The molecule has 0 aliphatic rings. The fourth-order valence-electron chi connectivity index (χ4n) is 1.96. The molecule has 0 saturated heterocycles. The Kier molecular flexibility index (Phi) is 7.09. The van der Waals surface area contributed by atoms with Crippen molar-refractivity contribution in [2.24, 2.45) is 5.92 Å². The molecule has 0 saturated carbocycles. The van der Waals surface area contributed by atoms with E-state index < -0.39 is 23.7 Å². The van der Waals surface area contributed by atoms with Gasteiger partial charge < -0.3 is 15.4 Å². The first kappa shape index (κ1) is 19.8. The number of hydrogen-bond acceptors (Lipinski definition) is 5. The van der Waals surface area contributed by atoms with Crippen molar-refractivity contribution in [1.29, 1.82) is 0 Å². The molecule has 0 bridgehead atoms. The molecule has 130 valence electrons. The van der Waals surface area contributed by atoms with Crippen molar-refractivity contribution in [3.63, 3.8) is 0 Å². The van der Waals surface area contributed by atoms with Crippen molar-refractivity contribution < 1.29 is 23.9 Å². The quantitative estimate of drug-likeness (QED) is 0.432. The molecule has 0 unspecified atom stereocenters. The maximum atomic E-state index is 12.4. The summed E-state index contributed by atoms with van der Waals surface area (Å²) in [4.78, 5) is 47.6. The highest BCUT2D eigenvalue weighted by Crippen LogP contribution is 2.22. The number of ketones is 1. The van der Waals surface area contributed by atoms with E-state index in [1.807, 2.05) is 0 Å². The molecule has 0 heterocycles. The highest BCUT2D eigenvalue weighted by atomic mass is 79.9. The largest absolute Gasteiger partial charge is 0.467 e. The fourth-order valence-corrected chi connectivity index (χ4v) is 2.32. The van der Waals surface area contributed by atoms with Gasteiger partial charge in [0.25, 0.3) is 11.7 Å². The molecule has 8 heteroatoms. The second-order valence-electron chi connectivity index (χ2n) is 5.42. The normalized spacial score (nSPS) is 11.6. The minimum atomic E-state index is -0.955. The lowest BCUT2D eigenvalue weighted by Crippen LogP contribution is -2.47. The van der Waals surface area contributed by atoms with E-state index in [0.717, 1.165) is 0 Å². The average molecular weight is 399 g/mol. The van der Waals surface area contributed by atoms with Gasteiger partial charge in [0.2, 0.25) is 5.91 Å². The summed E-state index contributed by atoms with van der Waals surface area (Å²) >= 11 is 3.22. The number of carbonyl (C=O) groups is 4. The van der Waals surface area contributed by atoms with E-state index in [1.54, 1.807) is 19.9 Å². The van der Waals surface area contributed by atoms with Crippen molar-refractivity contribution in [2.75, 3.05) is 12.4 Å². The van der Waals surface area contributed by atoms with E-state index in [1.165, 1.54) is 26.2 Å². The Labute approximate surface area is 148 Å². The van der Waals surface area contributed by atoms with Crippen LogP contribution in [0.3, 0.4) is 0 Å². The van der Waals surface area contributed by atoms with Crippen LogP contribution < -0.4 is 10.6 Å². The smallest absolute Gasteiger partial charge is 0.328 e. The van der Waals surface area contributed by atoms with Crippen molar-refractivity contribution in [3.8, 4) is 0 Å². The Morgan fingerprint density at radius 1 is 1.17 bits per heavy atom. The number of halogens is 1. The first-order chi connectivity index (χ1) is 11.2. The Morgan fingerprint density at radius 2 is 1.79 bits per heavy atom. The van der Waals surface area contributed by atoms with Gasteiger partial charge in [0, 0.05) is 11.4 Å². The Morgan fingerprint density at radius 3 is 2.29 bits per heavy atom. The lowest BCUT2D eigenvalue weighted by Gasteiger charge is -2.19. The lowest BCUT2D eigenvalue weighted by atomic mass is 10.0. The number of Topliss-reactive ketones (excluding diaryl/α,β-unsaturated/α-hetero) is 1. The zero-order valence-corrected chi connectivity index (χ0v) is 15.4. The molecule has 0 aromatic heterocycles. The van der Waals surface area contributed by atoms with Gasteiger partial charge in [-0.3, -0.25) is 14.4 Å². The van der Waals surface area contributed by atoms with Crippen molar-refractivity contribution in [2.45, 2.75) is 26.8 Å². The zero-order chi connectivity index (χ0) is 18.4. The van der Waals surface area contributed by atoms with Crippen LogP contribution in [0.2, 0.25) is 0 Å². The van der Waals surface area contributed by atoms with Gasteiger partial charge in [-0.05, 0) is 24.1 Å².